The number of nitrogens with one attached hydrogen (secondary N) is 1. The van der Waals surface area contributed by atoms with E-state index in [1.807, 2.05) is 0 Å². The summed E-state index contributed by atoms with van der Waals surface area (Å²) in [5.41, 5.74) is 2.95. The van der Waals surface area contributed by atoms with Crippen molar-refractivity contribution in [1.82, 2.24) is 19.1 Å². The first-order chi connectivity index (χ1) is 19.6. The zero-order valence-electron chi connectivity index (χ0n) is 24.3. The second-order valence-electron chi connectivity index (χ2n) is 12.1. The number of hydrogen-bond acceptors (Lipinski definition) is 6. The van der Waals surface area contributed by atoms with Gasteiger partial charge in [-0.3, -0.25) is 9.36 Å². The molecule has 1 saturated heterocycles. The molecular formula is C31H41N5O3S2. The van der Waals surface area contributed by atoms with E-state index in [2.05, 4.69) is 65.1 Å². The quantitative estimate of drug-likeness (QED) is 0.293. The van der Waals surface area contributed by atoms with Crippen LogP contribution in [-0.2, 0) is 20.2 Å². The Morgan fingerprint density at radius 2 is 1.54 bits per heavy atom. The predicted octanol–water partition coefficient (Wildman–Crippen LogP) is 6.65. The fraction of sp³-hybridized carbons (Fsp3) is 0.516. The van der Waals surface area contributed by atoms with Gasteiger partial charge in [-0.15, -0.1) is 10.2 Å². The van der Waals surface area contributed by atoms with E-state index in [-0.39, 0.29) is 22.0 Å². The largest absolute Gasteiger partial charge is 0.325 e. The first-order valence-electron chi connectivity index (χ1n) is 14.7. The summed E-state index contributed by atoms with van der Waals surface area (Å²) in [6.45, 7) is 7.75. The van der Waals surface area contributed by atoms with Crippen LogP contribution < -0.4 is 5.32 Å². The zero-order valence-corrected chi connectivity index (χ0v) is 25.9. The third-order valence-electron chi connectivity index (χ3n) is 8.04. The summed E-state index contributed by atoms with van der Waals surface area (Å²) in [5, 5.41) is 12.8. The number of hydrogen-bond donors (Lipinski definition) is 1. The van der Waals surface area contributed by atoms with Gasteiger partial charge in [-0.2, -0.15) is 4.31 Å². The van der Waals surface area contributed by atoms with E-state index in [1.54, 1.807) is 28.6 Å². The van der Waals surface area contributed by atoms with E-state index in [4.69, 9.17) is 0 Å². The Kier molecular flexibility index (Phi) is 9.21. The molecule has 1 saturated carbocycles. The molecule has 0 unspecified atom stereocenters. The van der Waals surface area contributed by atoms with Crippen LogP contribution in [0.1, 0.15) is 83.7 Å². The summed E-state index contributed by atoms with van der Waals surface area (Å²) in [6, 6.07) is 15.4. The Bertz CT molecular complexity index is 1430. The zero-order chi connectivity index (χ0) is 29.0. The molecule has 3 aromatic rings. The number of benzene rings is 2. The summed E-state index contributed by atoms with van der Waals surface area (Å²) in [4.78, 5) is 13.2. The lowest BCUT2D eigenvalue weighted by Gasteiger charge is -2.26. The van der Waals surface area contributed by atoms with E-state index in [0.29, 0.717) is 24.8 Å². The van der Waals surface area contributed by atoms with Crippen molar-refractivity contribution in [2.75, 3.05) is 24.2 Å². The lowest BCUT2D eigenvalue weighted by atomic mass is 9.86. The molecule has 8 nitrogen and oxygen atoms in total. The smallest absolute Gasteiger partial charge is 0.243 e. The number of aromatic nitrogens is 3. The highest BCUT2D eigenvalue weighted by Crippen LogP contribution is 2.36. The van der Waals surface area contributed by atoms with Gasteiger partial charge in [0.25, 0.3) is 0 Å². The molecule has 0 spiro atoms. The molecule has 2 aliphatic rings. The maximum atomic E-state index is 12.9. The number of amides is 1. The number of thioether (sulfide) groups is 1. The fourth-order valence-corrected chi connectivity index (χ4v) is 7.97. The number of anilines is 1. The van der Waals surface area contributed by atoms with Crippen molar-refractivity contribution in [1.29, 1.82) is 0 Å². The minimum atomic E-state index is -3.50. The highest BCUT2D eigenvalue weighted by molar-refractivity contribution is 7.99. The van der Waals surface area contributed by atoms with Gasteiger partial charge in [-0.25, -0.2) is 8.42 Å². The van der Waals surface area contributed by atoms with Crippen LogP contribution in [0, 0.1) is 0 Å². The van der Waals surface area contributed by atoms with Crippen molar-refractivity contribution < 1.29 is 13.2 Å². The van der Waals surface area contributed by atoms with E-state index in [0.717, 1.165) is 48.6 Å². The van der Waals surface area contributed by atoms with Gasteiger partial charge in [0.2, 0.25) is 15.9 Å². The lowest BCUT2D eigenvalue weighted by molar-refractivity contribution is -0.113. The molecule has 0 radical (unpaired) electrons. The van der Waals surface area contributed by atoms with Crippen LogP contribution >= 0.6 is 11.8 Å². The van der Waals surface area contributed by atoms with E-state index < -0.39 is 10.0 Å². The van der Waals surface area contributed by atoms with Gasteiger partial charge >= 0.3 is 0 Å². The molecule has 2 fully saturated rings. The minimum absolute atomic E-state index is 0.0752. The Labute approximate surface area is 248 Å². The molecule has 0 atom stereocenters. The van der Waals surface area contributed by atoms with Crippen molar-refractivity contribution in [3.8, 4) is 11.4 Å². The normalized spacial score (nSPS) is 17.4. The van der Waals surface area contributed by atoms with Gasteiger partial charge < -0.3 is 5.32 Å². The van der Waals surface area contributed by atoms with Crippen LogP contribution in [0.2, 0.25) is 0 Å². The number of rotatable bonds is 8. The van der Waals surface area contributed by atoms with E-state index >= 15 is 0 Å². The molecule has 41 heavy (non-hydrogen) atoms. The van der Waals surface area contributed by atoms with Crippen LogP contribution in [-0.4, -0.2) is 52.2 Å². The highest BCUT2D eigenvalue weighted by Gasteiger charge is 2.27. The third-order valence-corrected chi connectivity index (χ3v) is 10.9. The molecule has 1 aliphatic carbocycles. The van der Waals surface area contributed by atoms with E-state index in [9.17, 15) is 13.2 Å². The molecule has 2 heterocycles. The van der Waals surface area contributed by atoms with Gasteiger partial charge in [0.05, 0.1) is 10.6 Å². The lowest BCUT2D eigenvalue weighted by Crippen LogP contribution is -2.35. The van der Waals surface area contributed by atoms with Crippen LogP contribution in [0.4, 0.5) is 5.69 Å². The molecule has 1 N–H and O–H groups in total. The first kappa shape index (κ1) is 29.8. The summed E-state index contributed by atoms with van der Waals surface area (Å²) in [5.74, 6) is 0.864. The Morgan fingerprint density at radius 3 is 2.17 bits per heavy atom. The summed E-state index contributed by atoms with van der Waals surface area (Å²) in [7, 11) is -3.50. The van der Waals surface area contributed by atoms with Gasteiger partial charge in [-0.05, 0) is 60.9 Å². The number of carbonyl (C=O) groups excluding carboxylic acids is 1. The second-order valence-corrected chi connectivity index (χ2v) is 15.0. The molecular weight excluding hydrogens is 555 g/mol. The summed E-state index contributed by atoms with van der Waals surface area (Å²) < 4.78 is 29.6. The van der Waals surface area contributed by atoms with E-state index in [1.165, 1.54) is 36.6 Å². The van der Waals surface area contributed by atoms with Crippen molar-refractivity contribution >= 4 is 33.4 Å². The number of piperidine rings is 1. The summed E-state index contributed by atoms with van der Waals surface area (Å²) >= 11 is 1.39. The number of carbonyl (C=O) groups is 1. The highest BCUT2D eigenvalue weighted by atomic mass is 32.2. The number of nitrogens with zero attached hydrogens (tertiary/aromatic N) is 4. The molecule has 220 valence electrons. The van der Waals surface area contributed by atoms with Crippen molar-refractivity contribution in [2.24, 2.45) is 0 Å². The molecule has 1 aliphatic heterocycles. The third kappa shape index (κ3) is 7.04. The second kappa shape index (κ2) is 12.7. The van der Waals surface area contributed by atoms with Crippen LogP contribution in [0.15, 0.2) is 58.6 Å². The average Bonchev–Trinajstić information content (AvgIpc) is 3.41. The monoisotopic (exact) mass is 595 g/mol. The molecule has 1 amide bonds. The maximum Gasteiger partial charge on any atom is 0.243 e. The molecule has 0 bridgehead atoms. The predicted molar refractivity (Wildman–Crippen MR) is 165 cm³/mol. The van der Waals surface area contributed by atoms with Crippen molar-refractivity contribution in [2.45, 2.75) is 93.6 Å². The molecule has 2 aromatic carbocycles. The molecule has 1 aromatic heterocycles. The Balaban J connectivity index is 1.27. The van der Waals surface area contributed by atoms with Crippen molar-refractivity contribution in [3.05, 3.63) is 54.1 Å². The average molecular weight is 596 g/mol. The Hall–Kier alpha value is -2.69. The van der Waals surface area contributed by atoms with Crippen LogP contribution in [0.5, 0.6) is 0 Å². The summed E-state index contributed by atoms with van der Waals surface area (Å²) in [6.07, 6.45) is 8.62. The van der Waals surface area contributed by atoms with Crippen molar-refractivity contribution in [3.63, 3.8) is 0 Å². The van der Waals surface area contributed by atoms with Gasteiger partial charge in [0.1, 0.15) is 0 Å². The topological polar surface area (TPSA) is 97.2 Å². The fourth-order valence-electron chi connectivity index (χ4n) is 5.65. The standard InChI is InChI=1S/C31H41N5O3S2/c1-31(2,3)24-14-12-23(13-15-24)29-33-34-30(36(29)26-10-6-4-7-11-26)40-22-28(37)32-25-16-18-27(19-17-25)41(38,39)35-20-8-5-9-21-35/h12-19,26H,4-11,20-22H2,1-3H3,(H,32,37). The van der Waals surface area contributed by atoms with Gasteiger partial charge in [-0.1, -0.05) is 82.5 Å². The SMILES string of the molecule is CC(C)(C)c1ccc(-c2nnc(SCC(=O)Nc3ccc(S(=O)(=O)N4CCCCC4)cc3)n2C2CCCCC2)cc1. The van der Waals surface area contributed by atoms with Crippen LogP contribution in [0.25, 0.3) is 11.4 Å². The van der Waals surface area contributed by atoms with Gasteiger partial charge in [0, 0.05) is 30.4 Å². The molecule has 10 heteroatoms. The van der Waals surface area contributed by atoms with Crippen LogP contribution in [0.3, 0.4) is 0 Å². The first-order valence-corrected chi connectivity index (χ1v) is 17.1. The Morgan fingerprint density at radius 1 is 0.902 bits per heavy atom. The number of sulfonamides is 1. The minimum Gasteiger partial charge on any atom is -0.325 e. The van der Waals surface area contributed by atoms with Gasteiger partial charge in [0.15, 0.2) is 11.0 Å². The maximum absolute atomic E-state index is 12.9. The molecule has 5 rings (SSSR count).